The third kappa shape index (κ3) is 8.07. The van der Waals surface area contributed by atoms with Gasteiger partial charge in [0.25, 0.3) is 0 Å². The van der Waals surface area contributed by atoms with Gasteiger partial charge in [-0.15, -0.1) is 0 Å². The lowest BCUT2D eigenvalue weighted by Crippen LogP contribution is -2.53. The number of fused-ring (bicyclic) bond motifs is 3. The second-order valence-corrected chi connectivity index (χ2v) is 12.2. The van der Waals surface area contributed by atoms with Crippen LogP contribution >= 0.6 is 0 Å². The molecule has 1 aliphatic carbocycles. The number of carboxylic acid groups (broad SMARTS) is 1. The smallest absolute Gasteiger partial charge is 0.407 e. The third-order valence-corrected chi connectivity index (χ3v) is 8.81. The van der Waals surface area contributed by atoms with Crippen molar-refractivity contribution in [2.24, 2.45) is 0 Å². The van der Waals surface area contributed by atoms with Crippen LogP contribution in [0.5, 0.6) is 0 Å². The Bertz CT molecular complexity index is 1910. The first-order chi connectivity index (χ1) is 24.4. The molecule has 5 aromatic carbocycles. The molecule has 0 bridgehead atoms. The average molecular weight is 668 g/mol. The van der Waals surface area contributed by atoms with Gasteiger partial charge in [0.05, 0.1) is 0 Å². The Morgan fingerprint density at radius 1 is 0.560 bits per heavy atom. The van der Waals surface area contributed by atoms with Crippen LogP contribution in [0.1, 0.15) is 39.8 Å². The number of carboxylic acids is 1. The van der Waals surface area contributed by atoms with Gasteiger partial charge < -0.3 is 25.8 Å². The van der Waals surface area contributed by atoms with E-state index in [1.54, 1.807) is 54.6 Å². The van der Waals surface area contributed by atoms with Crippen LogP contribution in [0.2, 0.25) is 0 Å². The molecule has 1 aliphatic rings. The van der Waals surface area contributed by atoms with Gasteiger partial charge >= 0.3 is 12.1 Å². The van der Waals surface area contributed by atoms with Crippen molar-refractivity contribution in [1.29, 1.82) is 0 Å². The number of benzene rings is 5. The topological polar surface area (TPSA) is 134 Å². The molecule has 3 atom stereocenters. The van der Waals surface area contributed by atoms with Crippen molar-refractivity contribution in [3.05, 3.63) is 167 Å². The first kappa shape index (κ1) is 33.7. The summed E-state index contributed by atoms with van der Waals surface area (Å²) in [6.07, 6.45) is -0.610. The maximum Gasteiger partial charge on any atom is 0.407 e. The molecule has 50 heavy (non-hydrogen) atoms. The van der Waals surface area contributed by atoms with Gasteiger partial charge in [-0.2, -0.15) is 0 Å². The zero-order valence-corrected chi connectivity index (χ0v) is 27.2. The Labute approximate surface area is 290 Å². The number of carbonyl (C=O) groups is 4. The van der Waals surface area contributed by atoms with Crippen LogP contribution in [0.15, 0.2) is 140 Å². The van der Waals surface area contributed by atoms with Crippen molar-refractivity contribution in [1.82, 2.24) is 16.0 Å². The summed E-state index contributed by atoms with van der Waals surface area (Å²) in [4.78, 5) is 53.3. The first-order valence-corrected chi connectivity index (χ1v) is 16.4. The van der Waals surface area contributed by atoms with Gasteiger partial charge in [-0.25, -0.2) is 9.59 Å². The highest BCUT2D eigenvalue weighted by Gasteiger charge is 2.32. The molecule has 4 N–H and O–H groups in total. The van der Waals surface area contributed by atoms with Crippen molar-refractivity contribution >= 4 is 23.9 Å². The summed E-state index contributed by atoms with van der Waals surface area (Å²) in [5.74, 6) is -2.72. The predicted molar refractivity (Wildman–Crippen MR) is 189 cm³/mol. The van der Waals surface area contributed by atoms with E-state index in [4.69, 9.17) is 4.74 Å². The SMILES string of the molecule is O=C(N[C@@H](Cc1ccccc1)C(=O)N[C@@H](C(=O)N[C@@H](Cc1ccccc1)C(=O)O)c1ccccc1)OCC1c2ccccc2-c2ccccc21. The second-order valence-electron chi connectivity index (χ2n) is 12.2. The van der Waals surface area contributed by atoms with E-state index in [-0.39, 0.29) is 25.4 Å². The molecule has 0 spiro atoms. The molecule has 0 aromatic heterocycles. The molecule has 3 amide bonds. The quantitative estimate of drug-likeness (QED) is 0.125. The van der Waals surface area contributed by atoms with Crippen molar-refractivity contribution in [3.8, 4) is 11.1 Å². The van der Waals surface area contributed by atoms with Crippen LogP contribution in [0.4, 0.5) is 4.79 Å². The van der Waals surface area contributed by atoms with Gasteiger partial charge in [0.1, 0.15) is 24.7 Å². The highest BCUT2D eigenvalue weighted by molar-refractivity contribution is 5.93. The molecule has 0 saturated carbocycles. The van der Waals surface area contributed by atoms with E-state index in [1.165, 1.54) is 0 Å². The van der Waals surface area contributed by atoms with Crippen LogP contribution in [-0.2, 0) is 32.0 Å². The summed E-state index contributed by atoms with van der Waals surface area (Å²) in [5.41, 5.74) is 6.27. The number of aliphatic carboxylic acids is 1. The number of carbonyl (C=O) groups excluding carboxylic acids is 3. The Hall–Kier alpha value is -6.22. The lowest BCUT2D eigenvalue weighted by atomic mass is 9.98. The molecule has 9 heteroatoms. The Morgan fingerprint density at radius 3 is 1.58 bits per heavy atom. The van der Waals surface area contributed by atoms with E-state index in [0.29, 0.717) is 5.56 Å². The standard InChI is InChI=1S/C41H37N3O6/c45-38(44-37(29-18-8-3-9-19-29)39(46)42-36(40(47)48)25-28-16-6-2-7-17-28)35(24-27-14-4-1-5-15-27)43-41(49)50-26-34-32-22-12-10-20-30(32)31-21-11-13-23-33(31)34/h1-23,34-37H,24-26H2,(H,42,46)(H,43,49)(H,44,45)(H,47,48)/t35-,36-,37+/m0/s1. The van der Waals surface area contributed by atoms with Crippen LogP contribution < -0.4 is 16.0 Å². The molecule has 0 radical (unpaired) electrons. The summed E-state index contributed by atoms with van der Waals surface area (Å²) < 4.78 is 5.76. The number of rotatable bonds is 13. The van der Waals surface area contributed by atoms with E-state index in [0.717, 1.165) is 33.4 Å². The second kappa shape index (κ2) is 15.8. The minimum absolute atomic E-state index is 0.0529. The largest absolute Gasteiger partial charge is 0.480 e. The number of hydrogen-bond donors (Lipinski definition) is 4. The van der Waals surface area contributed by atoms with E-state index in [9.17, 15) is 24.3 Å². The number of nitrogens with one attached hydrogen (secondary N) is 3. The average Bonchev–Trinajstić information content (AvgIpc) is 3.47. The Balaban J connectivity index is 1.19. The van der Waals surface area contributed by atoms with Crippen molar-refractivity contribution in [2.75, 3.05) is 6.61 Å². The molecular weight excluding hydrogens is 630 g/mol. The number of hydrogen-bond acceptors (Lipinski definition) is 5. The predicted octanol–water partition coefficient (Wildman–Crippen LogP) is 5.81. The zero-order chi connectivity index (χ0) is 34.9. The molecule has 5 aromatic rings. The van der Waals surface area contributed by atoms with Crippen LogP contribution in [-0.4, -0.2) is 47.7 Å². The number of amides is 3. The highest BCUT2D eigenvalue weighted by atomic mass is 16.5. The van der Waals surface area contributed by atoms with Gasteiger partial charge in [-0.05, 0) is 38.9 Å². The molecule has 9 nitrogen and oxygen atoms in total. The zero-order valence-electron chi connectivity index (χ0n) is 27.2. The summed E-state index contributed by atoms with van der Waals surface area (Å²) in [6.45, 7) is 0.0621. The fraction of sp³-hybridized carbons (Fsp3) is 0.171. The molecule has 0 saturated heterocycles. The maximum atomic E-state index is 14.0. The monoisotopic (exact) mass is 667 g/mol. The van der Waals surface area contributed by atoms with E-state index in [1.807, 2.05) is 84.9 Å². The van der Waals surface area contributed by atoms with Gasteiger partial charge in [-0.3, -0.25) is 9.59 Å². The number of ether oxygens (including phenoxy) is 1. The van der Waals surface area contributed by atoms with Gasteiger partial charge in [0.15, 0.2) is 0 Å². The lowest BCUT2D eigenvalue weighted by molar-refractivity contribution is -0.142. The minimum Gasteiger partial charge on any atom is -0.480 e. The van der Waals surface area contributed by atoms with Gasteiger partial charge in [0, 0.05) is 18.8 Å². The summed E-state index contributed by atoms with van der Waals surface area (Å²) in [6, 6.07) is 39.1. The molecule has 0 aliphatic heterocycles. The molecule has 252 valence electrons. The highest BCUT2D eigenvalue weighted by Crippen LogP contribution is 2.44. The first-order valence-electron chi connectivity index (χ1n) is 16.4. The fourth-order valence-corrected chi connectivity index (χ4v) is 6.33. The Kier molecular flexibility index (Phi) is 10.6. The summed E-state index contributed by atoms with van der Waals surface area (Å²) in [5, 5.41) is 18.0. The maximum absolute atomic E-state index is 14.0. The number of alkyl carbamates (subject to hydrolysis) is 1. The third-order valence-electron chi connectivity index (χ3n) is 8.81. The normalized spacial score (nSPS) is 13.5. The van der Waals surface area contributed by atoms with Crippen LogP contribution in [0.25, 0.3) is 11.1 Å². The summed E-state index contributed by atoms with van der Waals surface area (Å²) in [7, 11) is 0. The van der Waals surface area contributed by atoms with Gasteiger partial charge in [0.2, 0.25) is 11.8 Å². The summed E-state index contributed by atoms with van der Waals surface area (Å²) >= 11 is 0. The van der Waals surface area contributed by atoms with Crippen molar-refractivity contribution < 1.29 is 29.0 Å². The van der Waals surface area contributed by atoms with Crippen molar-refractivity contribution in [2.45, 2.75) is 36.9 Å². The molecule has 0 unspecified atom stereocenters. The fourth-order valence-electron chi connectivity index (χ4n) is 6.33. The van der Waals surface area contributed by atoms with E-state index in [2.05, 4.69) is 16.0 Å². The van der Waals surface area contributed by atoms with Crippen LogP contribution in [0, 0.1) is 0 Å². The van der Waals surface area contributed by atoms with E-state index >= 15 is 0 Å². The molecule has 0 fully saturated rings. The molecule has 0 heterocycles. The van der Waals surface area contributed by atoms with Gasteiger partial charge in [-0.1, -0.05) is 140 Å². The lowest BCUT2D eigenvalue weighted by Gasteiger charge is -2.25. The molecular formula is C41H37N3O6. The Morgan fingerprint density at radius 2 is 1.04 bits per heavy atom. The van der Waals surface area contributed by atoms with Crippen molar-refractivity contribution in [3.63, 3.8) is 0 Å². The van der Waals surface area contributed by atoms with E-state index < -0.39 is 42.0 Å². The minimum atomic E-state index is -1.25. The molecule has 6 rings (SSSR count). The van der Waals surface area contributed by atoms with Crippen LogP contribution in [0.3, 0.4) is 0 Å².